The largest absolute Gasteiger partial charge is 0.489 e. The first-order valence-electron chi connectivity index (χ1n) is 11.7. The molecule has 1 fully saturated rings. The number of pyridine rings is 1. The van der Waals surface area contributed by atoms with Crippen molar-refractivity contribution >= 4 is 28.9 Å². The zero-order valence-corrected chi connectivity index (χ0v) is 20.4. The molecule has 1 aliphatic heterocycles. The molecule has 1 aromatic carbocycles. The fourth-order valence-electron chi connectivity index (χ4n) is 4.60. The number of methoxy groups -OCH3 is 1. The summed E-state index contributed by atoms with van der Waals surface area (Å²) in [5.74, 6) is 0.544. The summed E-state index contributed by atoms with van der Waals surface area (Å²) in [6.07, 6.45) is 6.21. The minimum absolute atomic E-state index is 0.0293. The van der Waals surface area contributed by atoms with Crippen LogP contribution in [0.4, 0.5) is 11.4 Å². The zero-order valence-electron chi connectivity index (χ0n) is 19.6. The van der Waals surface area contributed by atoms with E-state index >= 15 is 0 Å². The van der Waals surface area contributed by atoms with E-state index in [0.29, 0.717) is 29.5 Å². The monoisotopic (exact) mass is 480 g/mol. The molecular weight excluding hydrogens is 452 g/mol. The van der Waals surface area contributed by atoms with Crippen LogP contribution in [0.5, 0.6) is 5.75 Å². The highest BCUT2D eigenvalue weighted by atomic mass is 35.5. The number of benzene rings is 1. The molecule has 0 saturated heterocycles. The first-order valence-corrected chi connectivity index (χ1v) is 12.0. The number of fused-ring (bicyclic) bond motifs is 2. The number of aromatic nitrogens is 2. The van der Waals surface area contributed by atoms with E-state index in [2.05, 4.69) is 27.5 Å². The van der Waals surface area contributed by atoms with Crippen LogP contribution in [0.1, 0.15) is 48.3 Å². The molecule has 5 rings (SSSR count). The maximum absolute atomic E-state index is 13.2. The predicted molar refractivity (Wildman–Crippen MR) is 133 cm³/mol. The van der Waals surface area contributed by atoms with Crippen molar-refractivity contribution < 1.29 is 14.3 Å². The van der Waals surface area contributed by atoms with Gasteiger partial charge >= 0.3 is 0 Å². The van der Waals surface area contributed by atoms with Crippen molar-refractivity contribution in [1.29, 1.82) is 0 Å². The molecule has 34 heavy (non-hydrogen) atoms. The lowest BCUT2D eigenvalue weighted by molar-refractivity contribution is 0.0717. The van der Waals surface area contributed by atoms with Gasteiger partial charge in [-0.2, -0.15) is 0 Å². The summed E-state index contributed by atoms with van der Waals surface area (Å²) in [5.41, 5.74) is 5.87. The van der Waals surface area contributed by atoms with E-state index in [1.807, 2.05) is 31.2 Å². The number of anilines is 2. The molecule has 1 unspecified atom stereocenters. The number of hydrogen-bond acceptors (Lipinski definition) is 5. The van der Waals surface area contributed by atoms with Crippen molar-refractivity contribution in [3.8, 4) is 17.0 Å². The molecule has 3 heterocycles. The maximum atomic E-state index is 13.2. The van der Waals surface area contributed by atoms with Crippen LogP contribution in [0.25, 0.3) is 11.3 Å². The van der Waals surface area contributed by atoms with E-state index in [9.17, 15) is 4.79 Å². The summed E-state index contributed by atoms with van der Waals surface area (Å²) >= 11 is 6.50. The molecule has 2 aliphatic rings. The molecular formula is C26H29ClN4O3. The highest BCUT2D eigenvalue weighted by molar-refractivity contribution is 6.31. The van der Waals surface area contributed by atoms with Gasteiger partial charge in [-0.3, -0.25) is 9.78 Å². The van der Waals surface area contributed by atoms with E-state index in [0.717, 1.165) is 53.2 Å². The fourth-order valence-corrected chi connectivity index (χ4v) is 4.91. The number of nitrogens with one attached hydrogen (secondary N) is 3. The number of hydrogen-bond donors (Lipinski definition) is 3. The van der Waals surface area contributed by atoms with E-state index in [4.69, 9.17) is 21.1 Å². The van der Waals surface area contributed by atoms with Crippen LogP contribution >= 0.6 is 11.6 Å². The van der Waals surface area contributed by atoms with Gasteiger partial charge in [-0.1, -0.05) is 24.6 Å². The van der Waals surface area contributed by atoms with Gasteiger partial charge in [-0.05, 0) is 49.9 Å². The van der Waals surface area contributed by atoms with E-state index < -0.39 is 0 Å². The van der Waals surface area contributed by atoms with Gasteiger partial charge in [0.25, 0.3) is 5.91 Å². The van der Waals surface area contributed by atoms with Crippen molar-refractivity contribution in [2.75, 3.05) is 25.6 Å². The van der Waals surface area contributed by atoms with Crippen molar-refractivity contribution in [2.45, 2.75) is 44.6 Å². The number of ether oxygens (including phenoxy) is 2. The van der Waals surface area contributed by atoms with Crippen LogP contribution in [-0.4, -0.2) is 42.2 Å². The molecule has 3 aromatic rings. The van der Waals surface area contributed by atoms with Gasteiger partial charge in [-0.25, -0.2) is 0 Å². The first kappa shape index (κ1) is 22.7. The summed E-state index contributed by atoms with van der Waals surface area (Å²) in [6.45, 7) is 5.05. The average molecular weight is 481 g/mol. The molecule has 1 saturated carbocycles. The molecule has 7 nitrogen and oxygen atoms in total. The number of halogens is 1. The van der Waals surface area contributed by atoms with Gasteiger partial charge in [0.1, 0.15) is 12.4 Å². The quantitative estimate of drug-likeness (QED) is 0.411. The highest BCUT2D eigenvalue weighted by Gasteiger charge is 2.51. The topological polar surface area (TPSA) is 88.3 Å². The number of rotatable bonds is 8. The number of nitrogens with zero attached hydrogens (tertiary/aromatic N) is 1. The van der Waals surface area contributed by atoms with Crippen LogP contribution in [0.2, 0.25) is 5.02 Å². The Kier molecular flexibility index (Phi) is 6.00. The molecule has 178 valence electrons. The number of aromatic amines is 1. The van der Waals surface area contributed by atoms with E-state index in [1.54, 1.807) is 19.5 Å². The first-order chi connectivity index (χ1) is 16.5. The third-order valence-electron chi connectivity index (χ3n) is 6.86. The summed E-state index contributed by atoms with van der Waals surface area (Å²) in [7, 11) is 1.66. The Morgan fingerprint density at radius 3 is 2.85 bits per heavy atom. The normalized spacial score (nSPS) is 16.6. The molecule has 1 aliphatic carbocycles. The number of amides is 1. The number of H-pyrrole nitrogens is 1. The third kappa shape index (κ3) is 3.93. The zero-order chi connectivity index (χ0) is 23.9. The van der Waals surface area contributed by atoms with Gasteiger partial charge < -0.3 is 25.1 Å². The van der Waals surface area contributed by atoms with Crippen LogP contribution in [0.15, 0.2) is 36.7 Å². The van der Waals surface area contributed by atoms with Crippen LogP contribution in [0, 0.1) is 0 Å². The molecule has 1 amide bonds. The molecule has 0 radical (unpaired) electrons. The summed E-state index contributed by atoms with van der Waals surface area (Å²) in [6, 6.07) is 7.70. The van der Waals surface area contributed by atoms with Gasteiger partial charge in [0.2, 0.25) is 0 Å². The smallest absolute Gasteiger partial charge is 0.255 e. The minimum Gasteiger partial charge on any atom is -0.489 e. The van der Waals surface area contributed by atoms with Crippen molar-refractivity contribution in [1.82, 2.24) is 15.3 Å². The molecule has 3 N–H and O–H groups in total. The van der Waals surface area contributed by atoms with Crippen LogP contribution < -0.4 is 15.4 Å². The second kappa shape index (κ2) is 8.96. The fraction of sp³-hybridized carbons (Fsp3) is 0.385. The van der Waals surface area contributed by atoms with E-state index in [1.165, 1.54) is 0 Å². The lowest BCUT2D eigenvalue weighted by atomic mass is 9.93. The standard InChI is InChI=1S/C26H29ClN4O3/c1-4-16-18(27)6-5-7-19(16)30-23-21-24(26(9-10-26)14-29-25(21)32)31-22(23)17-8-11-28-12-20(17)34-13-15(2)33-3/h5-8,11-12,15,30-31H,4,9-10,13-14H2,1-3H3,(H,29,32). The Morgan fingerprint density at radius 1 is 1.29 bits per heavy atom. The summed E-state index contributed by atoms with van der Waals surface area (Å²) < 4.78 is 11.4. The van der Waals surface area contributed by atoms with Crippen molar-refractivity contribution in [3.63, 3.8) is 0 Å². The molecule has 1 spiro atoms. The van der Waals surface area contributed by atoms with Crippen molar-refractivity contribution in [3.05, 3.63) is 58.5 Å². The van der Waals surface area contributed by atoms with Crippen LogP contribution in [0.3, 0.4) is 0 Å². The molecule has 0 bridgehead atoms. The second-order valence-corrected chi connectivity index (χ2v) is 9.47. The Balaban J connectivity index is 1.66. The average Bonchev–Trinajstić information content (AvgIpc) is 3.53. The second-order valence-electron chi connectivity index (χ2n) is 9.06. The summed E-state index contributed by atoms with van der Waals surface area (Å²) in [5, 5.41) is 7.36. The number of carbonyl (C=O) groups excluding carboxylic acids is 1. The Bertz CT molecular complexity index is 1230. The van der Waals surface area contributed by atoms with Gasteiger partial charge in [0, 0.05) is 47.2 Å². The van der Waals surface area contributed by atoms with Gasteiger partial charge in [0.05, 0.1) is 29.2 Å². The van der Waals surface area contributed by atoms with E-state index in [-0.39, 0.29) is 17.4 Å². The Morgan fingerprint density at radius 2 is 2.12 bits per heavy atom. The Hall–Kier alpha value is -3.03. The van der Waals surface area contributed by atoms with Gasteiger partial charge in [0.15, 0.2) is 0 Å². The molecule has 2 aromatic heterocycles. The lowest BCUT2D eigenvalue weighted by Gasteiger charge is -2.23. The SMILES string of the molecule is CCc1c(Cl)cccc1Nc1c(-c2ccncc2OCC(C)OC)[nH]c2c1C(=O)NCC21CC1. The van der Waals surface area contributed by atoms with Crippen LogP contribution in [-0.2, 0) is 16.6 Å². The molecule has 8 heteroatoms. The van der Waals surface area contributed by atoms with Crippen molar-refractivity contribution in [2.24, 2.45) is 0 Å². The highest BCUT2D eigenvalue weighted by Crippen LogP contribution is 2.54. The Labute approximate surface area is 204 Å². The number of carbonyl (C=O) groups is 1. The minimum atomic E-state index is -0.0814. The summed E-state index contributed by atoms with van der Waals surface area (Å²) in [4.78, 5) is 21.0. The maximum Gasteiger partial charge on any atom is 0.255 e. The van der Waals surface area contributed by atoms with Gasteiger partial charge in [-0.15, -0.1) is 0 Å². The third-order valence-corrected chi connectivity index (χ3v) is 7.21. The molecule has 1 atom stereocenters. The lowest BCUT2D eigenvalue weighted by Crippen LogP contribution is -2.39. The predicted octanol–water partition coefficient (Wildman–Crippen LogP) is 5.22.